The second-order valence-electron chi connectivity index (χ2n) is 5.20. The predicted octanol–water partition coefficient (Wildman–Crippen LogP) is 3.11. The van der Waals surface area contributed by atoms with Gasteiger partial charge in [0.1, 0.15) is 11.3 Å². The summed E-state index contributed by atoms with van der Waals surface area (Å²) in [6.45, 7) is 1.65. The molecular weight excluding hydrogens is 316 g/mol. The summed E-state index contributed by atoms with van der Waals surface area (Å²) in [7, 11) is -3.66. The fraction of sp³-hybridized carbons (Fsp3) is 0.118. The number of aryl methyl sites for hydroxylation is 1. The lowest BCUT2D eigenvalue weighted by atomic mass is 10.0. The summed E-state index contributed by atoms with van der Waals surface area (Å²) in [6, 6.07) is 14.1. The molecule has 0 unspecified atom stereocenters. The van der Waals surface area contributed by atoms with E-state index < -0.39 is 15.7 Å². The molecule has 6 heteroatoms. The smallest absolute Gasteiger partial charge is 0.336 e. The molecule has 0 amide bonds. The lowest BCUT2D eigenvalue weighted by Gasteiger charge is -2.11. The topological polar surface area (TPSA) is 73.6 Å². The van der Waals surface area contributed by atoms with Gasteiger partial charge in [-0.25, -0.2) is 4.79 Å². The Morgan fingerprint density at radius 1 is 1.04 bits per heavy atom. The van der Waals surface area contributed by atoms with E-state index in [1.54, 1.807) is 19.1 Å². The summed E-state index contributed by atoms with van der Waals surface area (Å²) >= 11 is 0. The second-order valence-corrected chi connectivity index (χ2v) is 6.77. The van der Waals surface area contributed by atoms with E-state index in [4.69, 9.17) is 8.60 Å². The molecule has 3 rings (SSSR count). The molecule has 0 radical (unpaired) electrons. The van der Waals surface area contributed by atoms with E-state index in [-0.39, 0.29) is 5.75 Å². The maximum Gasteiger partial charge on any atom is 0.336 e. The van der Waals surface area contributed by atoms with Gasteiger partial charge in [-0.15, -0.1) is 0 Å². The summed E-state index contributed by atoms with van der Waals surface area (Å²) < 4.78 is 32.9. The van der Waals surface area contributed by atoms with Crippen molar-refractivity contribution in [2.45, 2.75) is 6.92 Å². The largest absolute Gasteiger partial charge is 0.422 e. The third kappa shape index (κ3) is 3.12. The van der Waals surface area contributed by atoms with Crippen LogP contribution in [0.5, 0.6) is 5.75 Å². The number of hydrogen-bond acceptors (Lipinski definition) is 5. The second kappa shape index (κ2) is 5.55. The maximum absolute atomic E-state index is 11.9. The number of benzene rings is 2. The number of fused-ring (bicyclic) bond motifs is 1. The first kappa shape index (κ1) is 15.3. The summed E-state index contributed by atoms with van der Waals surface area (Å²) in [5.41, 5.74) is 1.88. The Balaban J connectivity index is 2.30. The van der Waals surface area contributed by atoms with Gasteiger partial charge in [0, 0.05) is 17.0 Å². The molecule has 0 saturated heterocycles. The third-order valence-electron chi connectivity index (χ3n) is 3.44. The zero-order valence-corrected chi connectivity index (χ0v) is 13.4. The molecule has 0 atom stereocenters. The van der Waals surface area contributed by atoms with Gasteiger partial charge >= 0.3 is 15.7 Å². The van der Waals surface area contributed by atoms with Crippen molar-refractivity contribution in [1.82, 2.24) is 0 Å². The van der Waals surface area contributed by atoms with Gasteiger partial charge < -0.3 is 8.60 Å². The Kier molecular flexibility index (Phi) is 3.69. The van der Waals surface area contributed by atoms with Crippen LogP contribution in [0.1, 0.15) is 5.56 Å². The average molecular weight is 330 g/mol. The lowest BCUT2D eigenvalue weighted by molar-refractivity contribution is 0.489. The molecule has 0 bridgehead atoms. The van der Waals surface area contributed by atoms with Gasteiger partial charge in [-0.1, -0.05) is 30.3 Å². The van der Waals surface area contributed by atoms with Crippen molar-refractivity contribution < 1.29 is 17.0 Å². The van der Waals surface area contributed by atoms with E-state index in [0.29, 0.717) is 16.5 Å². The normalized spacial score (nSPS) is 11.6. The quantitative estimate of drug-likeness (QED) is 0.545. The van der Waals surface area contributed by atoms with Crippen molar-refractivity contribution in [3.05, 3.63) is 64.5 Å². The van der Waals surface area contributed by atoms with Crippen LogP contribution < -0.4 is 9.81 Å². The highest BCUT2D eigenvalue weighted by molar-refractivity contribution is 7.86. The summed E-state index contributed by atoms with van der Waals surface area (Å²) in [6.07, 6.45) is 0.965. The van der Waals surface area contributed by atoms with Crippen LogP contribution in [0, 0.1) is 6.92 Å². The van der Waals surface area contributed by atoms with Crippen molar-refractivity contribution in [3.63, 3.8) is 0 Å². The molecule has 23 heavy (non-hydrogen) atoms. The summed E-state index contributed by atoms with van der Waals surface area (Å²) in [5.74, 6) is 0.147. The van der Waals surface area contributed by atoms with Crippen LogP contribution in [0.25, 0.3) is 22.1 Å². The van der Waals surface area contributed by atoms with Gasteiger partial charge in [0.05, 0.1) is 6.26 Å². The highest BCUT2D eigenvalue weighted by Crippen LogP contribution is 2.33. The zero-order chi connectivity index (χ0) is 16.6. The Bertz CT molecular complexity index is 1030. The van der Waals surface area contributed by atoms with Crippen LogP contribution >= 0.6 is 0 Å². The molecule has 0 aliphatic heterocycles. The molecule has 1 aromatic heterocycles. The van der Waals surface area contributed by atoms with E-state index in [1.807, 2.05) is 30.3 Å². The van der Waals surface area contributed by atoms with Crippen LogP contribution in [0.15, 0.2) is 57.7 Å². The molecule has 2 aromatic carbocycles. The highest BCUT2D eigenvalue weighted by atomic mass is 32.2. The molecule has 1 heterocycles. The molecular formula is C17H14O5S. The van der Waals surface area contributed by atoms with Crippen molar-refractivity contribution >= 4 is 21.1 Å². The molecule has 0 spiro atoms. The Hall–Kier alpha value is -2.60. The minimum absolute atomic E-state index is 0.147. The SMILES string of the molecule is Cc1c(OS(C)(=O)=O)ccc2c(-c3ccccc3)cc(=O)oc12. The van der Waals surface area contributed by atoms with Gasteiger partial charge in [-0.3, -0.25) is 0 Å². The fourth-order valence-corrected chi connectivity index (χ4v) is 2.96. The van der Waals surface area contributed by atoms with E-state index >= 15 is 0 Å². The molecule has 0 aliphatic carbocycles. The van der Waals surface area contributed by atoms with Gasteiger partial charge in [-0.05, 0) is 30.2 Å². The van der Waals surface area contributed by atoms with Crippen molar-refractivity contribution in [2.24, 2.45) is 0 Å². The van der Waals surface area contributed by atoms with Crippen molar-refractivity contribution in [2.75, 3.05) is 6.26 Å². The van der Waals surface area contributed by atoms with Gasteiger partial charge in [-0.2, -0.15) is 8.42 Å². The van der Waals surface area contributed by atoms with Crippen molar-refractivity contribution in [1.29, 1.82) is 0 Å². The molecule has 0 N–H and O–H groups in total. The Morgan fingerprint density at radius 3 is 2.39 bits per heavy atom. The van der Waals surface area contributed by atoms with Crippen LogP contribution in [0.2, 0.25) is 0 Å². The molecule has 3 aromatic rings. The van der Waals surface area contributed by atoms with Crippen LogP contribution in [-0.4, -0.2) is 14.7 Å². The summed E-state index contributed by atoms with van der Waals surface area (Å²) in [5, 5.41) is 0.717. The van der Waals surface area contributed by atoms with E-state index in [2.05, 4.69) is 0 Å². The van der Waals surface area contributed by atoms with E-state index in [9.17, 15) is 13.2 Å². The molecule has 5 nitrogen and oxygen atoms in total. The lowest BCUT2D eigenvalue weighted by Crippen LogP contribution is -2.07. The third-order valence-corrected chi connectivity index (χ3v) is 3.92. The van der Waals surface area contributed by atoms with E-state index in [1.165, 1.54) is 6.07 Å². The zero-order valence-electron chi connectivity index (χ0n) is 12.6. The minimum atomic E-state index is -3.66. The first-order chi connectivity index (χ1) is 10.8. The molecule has 118 valence electrons. The monoisotopic (exact) mass is 330 g/mol. The van der Waals surface area contributed by atoms with Crippen LogP contribution in [0.3, 0.4) is 0 Å². The fourth-order valence-electron chi connectivity index (χ4n) is 2.45. The van der Waals surface area contributed by atoms with Gasteiger partial charge in [0.15, 0.2) is 0 Å². The Labute approximate surface area is 133 Å². The maximum atomic E-state index is 11.9. The van der Waals surface area contributed by atoms with E-state index in [0.717, 1.165) is 17.4 Å². The molecule has 0 saturated carbocycles. The van der Waals surface area contributed by atoms with Crippen LogP contribution in [0.4, 0.5) is 0 Å². The average Bonchev–Trinajstić information content (AvgIpc) is 2.49. The molecule has 0 fully saturated rings. The highest BCUT2D eigenvalue weighted by Gasteiger charge is 2.15. The minimum Gasteiger partial charge on any atom is -0.422 e. The standard InChI is InChI=1S/C17H14O5S/c1-11-15(22-23(2,19)20)9-8-13-14(10-16(18)21-17(11)13)12-6-4-3-5-7-12/h3-10H,1-2H3. The Morgan fingerprint density at radius 2 is 1.74 bits per heavy atom. The first-order valence-electron chi connectivity index (χ1n) is 6.87. The molecule has 0 aliphatic rings. The summed E-state index contributed by atoms with van der Waals surface area (Å²) in [4.78, 5) is 11.9. The van der Waals surface area contributed by atoms with Gasteiger partial charge in [0.25, 0.3) is 0 Å². The number of hydrogen-bond donors (Lipinski definition) is 0. The number of rotatable bonds is 3. The predicted molar refractivity (Wildman–Crippen MR) is 88.1 cm³/mol. The van der Waals surface area contributed by atoms with Gasteiger partial charge in [0.2, 0.25) is 0 Å². The van der Waals surface area contributed by atoms with Crippen molar-refractivity contribution in [3.8, 4) is 16.9 Å². The first-order valence-corrected chi connectivity index (χ1v) is 8.69. The van der Waals surface area contributed by atoms with Crippen LogP contribution in [-0.2, 0) is 10.1 Å².